The highest BCUT2D eigenvalue weighted by atomic mass is 35.6. The molecule has 1 aliphatic heterocycles. The van der Waals surface area contributed by atoms with Crippen LogP contribution in [0.25, 0.3) is 6.08 Å². The summed E-state index contributed by atoms with van der Waals surface area (Å²) in [7, 11) is 0. The van der Waals surface area contributed by atoms with Gasteiger partial charge in [0.2, 0.25) is 9.70 Å². The van der Waals surface area contributed by atoms with Gasteiger partial charge in [0, 0.05) is 19.2 Å². The van der Waals surface area contributed by atoms with Gasteiger partial charge in [-0.2, -0.15) is 0 Å². The molecule has 7 heteroatoms. The van der Waals surface area contributed by atoms with Crippen LogP contribution < -0.4 is 5.32 Å². The maximum Gasteiger partial charge on any atom is 0.245 e. The zero-order chi connectivity index (χ0) is 16.0. The molecule has 0 aliphatic carbocycles. The number of benzene rings is 1. The van der Waals surface area contributed by atoms with Crippen LogP contribution in [0.4, 0.5) is 0 Å². The smallest absolute Gasteiger partial charge is 0.245 e. The average Bonchev–Trinajstić information content (AvgIpc) is 2.51. The van der Waals surface area contributed by atoms with Gasteiger partial charge in [-0.3, -0.25) is 9.69 Å². The van der Waals surface area contributed by atoms with E-state index in [1.165, 1.54) is 6.08 Å². The second-order valence-electron chi connectivity index (χ2n) is 4.85. The minimum atomic E-state index is -1.62. The normalized spacial score (nSPS) is 18.3. The molecule has 0 bridgehead atoms. The number of nitrogens with one attached hydrogen (secondary N) is 1. The molecule has 1 aromatic carbocycles. The number of morpholine rings is 1. The number of carbonyl (C=O) groups excluding carboxylic acids is 1. The van der Waals surface area contributed by atoms with Gasteiger partial charge in [-0.1, -0.05) is 65.1 Å². The number of ether oxygens (including phenoxy) is 1. The Balaban J connectivity index is 2.00. The van der Waals surface area contributed by atoms with E-state index in [2.05, 4.69) is 5.32 Å². The Labute approximate surface area is 145 Å². The fourth-order valence-electron chi connectivity index (χ4n) is 2.13. The molecule has 4 nitrogen and oxygen atoms in total. The SMILES string of the molecule is O=C(/C=C/c1ccccc1)N[C@@H](N1CCOCC1)C(Cl)(Cl)Cl. The average molecular weight is 364 g/mol. The molecule has 0 radical (unpaired) electrons. The molecule has 2 rings (SSSR count). The first-order valence-electron chi connectivity index (χ1n) is 6.89. The maximum atomic E-state index is 12.1. The van der Waals surface area contributed by atoms with E-state index in [0.717, 1.165) is 5.56 Å². The molecule has 0 spiro atoms. The van der Waals surface area contributed by atoms with Crippen molar-refractivity contribution in [1.82, 2.24) is 10.2 Å². The van der Waals surface area contributed by atoms with Crippen LogP contribution in [-0.2, 0) is 9.53 Å². The fraction of sp³-hybridized carbons (Fsp3) is 0.400. The van der Waals surface area contributed by atoms with E-state index >= 15 is 0 Å². The van der Waals surface area contributed by atoms with Gasteiger partial charge in [0.05, 0.1) is 13.2 Å². The Hall–Kier alpha value is -0.780. The predicted molar refractivity (Wildman–Crippen MR) is 90.1 cm³/mol. The van der Waals surface area contributed by atoms with Crippen molar-refractivity contribution in [1.29, 1.82) is 0 Å². The quantitative estimate of drug-likeness (QED) is 0.661. The lowest BCUT2D eigenvalue weighted by Crippen LogP contribution is -2.58. The van der Waals surface area contributed by atoms with Crippen molar-refractivity contribution in [3.8, 4) is 0 Å². The van der Waals surface area contributed by atoms with Gasteiger partial charge in [-0.15, -0.1) is 0 Å². The summed E-state index contributed by atoms with van der Waals surface area (Å²) in [5.41, 5.74) is 0.925. The maximum absolute atomic E-state index is 12.1. The molecule has 1 amide bonds. The standard InChI is InChI=1S/C15H17Cl3N2O2/c16-15(17,18)14(20-8-10-22-11-9-20)19-13(21)7-6-12-4-2-1-3-5-12/h1-7,14H,8-11H2,(H,19,21)/b7-6+/t14-/m0/s1. The minimum absolute atomic E-state index is 0.313. The lowest BCUT2D eigenvalue weighted by atomic mass is 10.2. The third-order valence-electron chi connectivity index (χ3n) is 3.23. The van der Waals surface area contributed by atoms with Crippen LogP contribution in [0.2, 0.25) is 0 Å². The van der Waals surface area contributed by atoms with E-state index in [9.17, 15) is 4.79 Å². The number of hydrogen-bond acceptors (Lipinski definition) is 3. The van der Waals surface area contributed by atoms with E-state index in [1.807, 2.05) is 35.2 Å². The molecule has 1 heterocycles. The molecule has 0 unspecified atom stereocenters. The van der Waals surface area contributed by atoms with Gasteiger partial charge in [-0.25, -0.2) is 0 Å². The van der Waals surface area contributed by atoms with Gasteiger partial charge < -0.3 is 10.1 Å². The molecule has 120 valence electrons. The monoisotopic (exact) mass is 362 g/mol. The first-order chi connectivity index (χ1) is 10.5. The zero-order valence-corrected chi connectivity index (χ0v) is 14.1. The highest BCUT2D eigenvalue weighted by Gasteiger charge is 2.38. The Bertz CT molecular complexity index is 511. The topological polar surface area (TPSA) is 41.6 Å². The largest absolute Gasteiger partial charge is 0.379 e. The van der Waals surface area contributed by atoms with E-state index in [1.54, 1.807) is 6.08 Å². The van der Waals surface area contributed by atoms with E-state index in [0.29, 0.717) is 26.3 Å². The lowest BCUT2D eigenvalue weighted by Gasteiger charge is -2.38. The Morgan fingerprint density at radius 1 is 1.23 bits per heavy atom. The van der Waals surface area contributed by atoms with Gasteiger partial charge in [0.1, 0.15) is 6.17 Å². The van der Waals surface area contributed by atoms with Crippen LogP contribution in [0, 0.1) is 0 Å². The molecule has 1 N–H and O–H groups in total. The molecular formula is C15H17Cl3N2O2. The summed E-state index contributed by atoms with van der Waals surface area (Å²) in [6.45, 7) is 2.29. The van der Waals surface area contributed by atoms with E-state index in [-0.39, 0.29) is 5.91 Å². The number of rotatable bonds is 4. The Morgan fingerprint density at radius 3 is 2.45 bits per heavy atom. The molecular weight excluding hydrogens is 347 g/mol. The fourth-order valence-corrected chi connectivity index (χ4v) is 2.71. The number of halogens is 3. The molecule has 0 aromatic heterocycles. The molecule has 1 fully saturated rings. The summed E-state index contributed by atoms with van der Waals surface area (Å²) in [4.78, 5) is 14.0. The second-order valence-corrected chi connectivity index (χ2v) is 7.21. The first kappa shape index (κ1) is 17.6. The number of amides is 1. The van der Waals surface area contributed by atoms with Crippen molar-refractivity contribution in [2.75, 3.05) is 26.3 Å². The highest BCUT2D eigenvalue weighted by molar-refractivity contribution is 6.68. The highest BCUT2D eigenvalue weighted by Crippen LogP contribution is 2.32. The van der Waals surface area contributed by atoms with Crippen LogP contribution in [-0.4, -0.2) is 47.1 Å². The summed E-state index contributed by atoms with van der Waals surface area (Å²) in [5.74, 6) is -0.313. The minimum Gasteiger partial charge on any atom is -0.379 e. The van der Waals surface area contributed by atoms with Crippen molar-refractivity contribution in [3.05, 3.63) is 42.0 Å². The van der Waals surface area contributed by atoms with Crippen molar-refractivity contribution in [2.24, 2.45) is 0 Å². The molecule has 1 saturated heterocycles. The summed E-state index contributed by atoms with van der Waals surface area (Å²) in [6.07, 6.45) is 2.44. The Kier molecular flexibility index (Phi) is 6.53. The van der Waals surface area contributed by atoms with Crippen LogP contribution in [0.3, 0.4) is 0 Å². The summed E-state index contributed by atoms with van der Waals surface area (Å²) in [5, 5.41) is 2.75. The number of nitrogens with zero attached hydrogens (tertiary/aromatic N) is 1. The van der Waals surface area contributed by atoms with E-state index < -0.39 is 9.96 Å². The van der Waals surface area contributed by atoms with Crippen molar-refractivity contribution < 1.29 is 9.53 Å². The van der Waals surface area contributed by atoms with Gasteiger partial charge in [0.25, 0.3) is 0 Å². The van der Waals surface area contributed by atoms with Crippen molar-refractivity contribution in [3.63, 3.8) is 0 Å². The molecule has 1 aliphatic rings. The van der Waals surface area contributed by atoms with Gasteiger partial charge in [-0.05, 0) is 11.6 Å². The molecule has 1 atom stereocenters. The molecule has 22 heavy (non-hydrogen) atoms. The summed E-state index contributed by atoms with van der Waals surface area (Å²) in [6, 6.07) is 9.51. The first-order valence-corrected chi connectivity index (χ1v) is 8.02. The van der Waals surface area contributed by atoms with Crippen LogP contribution in [0.1, 0.15) is 5.56 Å². The summed E-state index contributed by atoms with van der Waals surface area (Å²) < 4.78 is 3.66. The number of hydrogen-bond donors (Lipinski definition) is 1. The number of carbonyl (C=O) groups is 1. The van der Waals surface area contributed by atoms with Crippen molar-refractivity contribution >= 4 is 46.8 Å². The van der Waals surface area contributed by atoms with Crippen LogP contribution >= 0.6 is 34.8 Å². The third-order valence-corrected chi connectivity index (χ3v) is 3.85. The van der Waals surface area contributed by atoms with Crippen molar-refractivity contribution in [2.45, 2.75) is 9.96 Å². The third kappa shape index (κ3) is 5.45. The van der Waals surface area contributed by atoms with Crippen LogP contribution in [0.15, 0.2) is 36.4 Å². The second kappa shape index (κ2) is 8.18. The zero-order valence-electron chi connectivity index (χ0n) is 11.8. The lowest BCUT2D eigenvalue weighted by molar-refractivity contribution is -0.119. The Morgan fingerprint density at radius 2 is 1.86 bits per heavy atom. The number of alkyl halides is 3. The predicted octanol–water partition coefficient (Wildman–Crippen LogP) is 2.84. The van der Waals surface area contributed by atoms with Gasteiger partial charge >= 0.3 is 0 Å². The molecule has 0 saturated carbocycles. The van der Waals surface area contributed by atoms with E-state index in [4.69, 9.17) is 39.5 Å². The summed E-state index contributed by atoms with van der Waals surface area (Å²) >= 11 is 18.0. The van der Waals surface area contributed by atoms with Crippen LogP contribution in [0.5, 0.6) is 0 Å². The molecule has 1 aromatic rings. The van der Waals surface area contributed by atoms with Gasteiger partial charge in [0.15, 0.2) is 0 Å².